The minimum atomic E-state index is -4.17. The second-order valence-corrected chi connectivity index (χ2v) is 4.30. The zero-order valence-electron chi connectivity index (χ0n) is 8.55. The van der Waals surface area contributed by atoms with Gasteiger partial charge in [-0.25, -0.2) is 9.13 Å². The molecule has 16 heavy (non-hydrogen) atoms. The summed E-state index contributed by atoms with van der Waals surface area (Å²) in [7, 11) is -8.33. The van der Waals surface area contributed by atoms with Gasteiger partial charge in [-0.15, -0.1) is 24.8 Å². The number of phosphoric acid groups is 2. The van der Waals surface area contributed by atoms with Crippen LogP contribution in [0, 0.1) is 0 Å². The van der Waals surface area contributed by atoms with Gasteiger partial charge < -0.3 is 19.6 Å². The van der Waals surface area contributed by atoms with Crippen LogP contribution in [0.3, 0.4) is 0 Å². The third-order valence-corrected chi connectivity index (χ3v) is 1.78. The summed E-state index contributed by atoms with van der Waals surface area (Å²) in [5.74, 6) is 0. The lowest BCUT2D eigenvalue weighted by atomic mass is 10.9. The highest BCUT2D eigenvalue weighted by molar-refractivity contribution is 7.46. The van der Waals surface area contributed by atoms with E-state index in [0.717, 1.165) is 0 Å². The molecule has 0 heterocycles. The molecule has 0 fully saturated rings. The van der Waals surface area contributed by atoms with Crippen LogP contribution >= 0.6 is 40.5 Å². The van der Waals surface area contributed by atoms with Gasteiger partial charge in [0.1, 0.15) is 0 Å². The van der Waals surface area contributed by atoms with Gasteiger partial charge in [0.15, 0.2) is 0 Å². The fourth-order valence-corrected chi connectivity index (χ4v) is 1.01. The lowest BCUT2D eigenvalue weighted by molar-refractivity contribution is 0.204. The van der Waals surface area contributed by atoms with Crippen molar-refractivity contribution in [1.29, 1.82) is 0 Å². The van der Waals surface area contributed by atoms with E-state index in [1.807, 2.05) is 0 Å². The zero-order valence-corrected chi connectivity index (χ0v) is 12.0. The molecular formula is C4H16Cl2O8P2. The van der Waals surface area contributed by atoms with Crippen LogP contribution < -0.4 is 0 Å². The van der Waals surface area contributed by atoms with E-state index in [-0.39, 0.29) is 38.0 Å². The molecule has 0 bridgehead atoms. The molecule has 0 radical (unpaired) electrons. The summed E-state index contributed by atoms with van der Waals surface area (Å²) in [6.45, 7) is 3.12. The van der Waals surface area contributed by atoms with Gasteiger partial charge in [-0.3, -0.25) is 9.05 Å². The van der Waals surface area contributed by atoms with Crippen molar-refractivity contribution in [2.24, 2.45) is 0 Å². The SMILES string of the molecule is CCOP(=O)(O)O.CCOP(=O)(O)O.Cl.Cl. The molecule has 0 aliphatic carbocycles. The molecule has 8 nitrogen and oxygen atoms in total. The van der Waals surface area contributed by atoms with Crippen LogP contribution in [0.5, 0.6) is 0 Å². The van der Waals surface area contributed by atoms with Crippen LogP contribution in [0.25, 0.3) is 0 Å². The number of halogens is 2. The molecule has 0 aliphatic heterocycles. The maximum atomic E-state index is 9.70. The molecule has 0 amide bonds. The van der Waals surface area contributed by atoms with Crippen LogP contribution in [-0.4, -0.2) is 32.8 Å². The maximum absolute atomic E-state index is 9.70. The third-order valence-electron chi connectivity index (χ3n) is 0.595. The van der Waals surface area contributed by atoms with E-state index in [2.05, 4.69) is 9.05 Å². The molecule has 4 N–H and O–H groups in total. The van der Waals surface area contributed by atoms with Gasteiger partial charge in [0.05, 0.1) is 13.2 Å². The number of rotatable bonds is 4. The molecule has 0 rings (SSSR count). The molecule has 12 heteroatoms. The van der Waals surface area contributed by atoms with Gasteiger partial charge in [-0.05, 0) is 13.8 Å². The highest BCUT2D eigenvalue weighted by Crippen LogP contribution is 2.35. The van der Waals surface area contributed by atoms with Crippen molar-refractivity contribution < 1.29 is 37.8 Å². The van der Waals surface area contributed by atoms with Crippen molar-refractivity contribution in [2.45, 2.75) is 13.8 Å². The van der Waals surface area contributed by atoms with Gasteiger partial charge in [0.25, 0.3) is 0 Å². The molecular weight excluding hydrogens is 309 g/mol. The maximum Gasteiger partial charge on any atom is 0.469 e. The Kier molecular flexibility index (Phi) is 19.6. The summed E-state index contributed by atoms with van der Waals surface area (Å²) in [4.78, 5) is 31.6. The quantitative estimate of drug-likeness (QED) is 0.564. The predicted octanol–water partition coefficient (Wildman–Crippen LogP) is 1.07. The first-order valence-electron chi connectivity index (χ1n) is 3.52. The number of hydrogen-bond donors (Lipinski definition) is 4. The summed E-state index contributed by atoms with van der Waals surface area (Å²) in [6, 6.07) is 0. The van der Waals surface area contributed by atoms with E-state index in [9.17, 15) is 9.13 Å². The Morgan fingerprint density at radius 2 is 1.00 bits per heavy atom. The van der Waals surface area contributed by atoms with Crippen molar-refractivity contribution >= 4 is 40.5 Å². The number of phosphoric ester groups is 2. The molecule has 0 aromatic rings. The van der Waals surface area contributed by atoms with E-state index in [0.29, 0.717) is 0 Å². The molecule has 0 atom stereocenters. The Balaban J connectivity index is -0.0000000800. The van der Waals surface area contributed by atoms with Crippen molar-refractivity contribution in [1.82, 2.24) is 0 Å². The second-order valence-electron chi connectivity index (χ2n) is 1.82. The van der Waals surface area contributed by atoms with Gasteiger partial charge in [-0.1, -0.05) is 0 Å². The Labute approximate surface area is 106 Å². The van der Waals surface area contributed by atoms with Crippen LogP contribution in [0.4, 0.5) is 0 Å². The smallest absolute Gasteiger partial charge is 0.303 e. The van der Waals surface area contributed by atoms with E-state index in [1.54, 1.807) is 0 Å². The molecule has 0 saturated heterocycles. The van der Waals surface area contributed by atoms with E-state index >= 15 is 0 Å². The van der Waals surface area contributed by atoms with Crippen molar-refractivity contribution in [2.75, 3.05) is 13.2 Å². The first-order valence-corrected chi connectivity index (χ1v) is 6.58. The first-order chi connectivity index (χ1) is 6.12. The van der Waals surface area contributed by atoms with Crippen molar-refractivity contribution in [3.8, 4) is 0 Å². The highest BCUT2D eigenvalue weighted by atomic mass is 35.5. The fourth-order valence-electron chi connectivity index (χ4n) is 0.336. The molecule has 0 spiro atoms. The van der Waals surface area contributed by atoms with Crippen molar-refractivity contribution in [3.63, 3.8) is 0 Å². The standard InChI is InChI=1S/2C2H7O4P.2ClH/c2*1-2-6-7(3,4)5;;/h2*2H2,1H3,(H2,3,4,5);2*1H. The lowest BCUT2D eigenvalue weighted by Crippen LogP contribution is -1.84. The lowest BCUT2D eigenvalue weighted by Gasteiger charge is -1.98. The highest BCUT2D eigenvalue weighted by Gasteiger charge is 2.10. The molecule has 0 saturated carbocycles. The van der Waals surface area contributed by atoms with Gasteiger partial charge in [-0.2, -0.15) is 0 Å². The molecule has 0 unspecified atom stereocenters. The fraction of sp³-hybridized carbons (Fsp3) is 1.00. The molecule has 0 aromatic carbocycles. The van der Waals surface area contributed by atoms with Gasteiger partial charge in [0, 0.05) is 0 Å². The first kappa shape index (κ1) is 25.6. The minimum Gasteiger partial charge on any atom is -0.303 e. The van der Waals surface area contributed by atoms with E-state index < -0.39 is 15.6 Å². The Bertz CT molecular complexity index is 200. The molecule has 0 aliphatic rings. The number of hydrogen-bond acceptors (Lipinski definition) is 4. The van der Waals surface area contributed by atoms with Gasteiger partial charge >= 0.3 is 15.6 Å². The van der Waals surface area contributed by atoms with Crippen LogP contribution in [0.15, 0.2) is 0 Å². The Morgan fingerprint density at radius 3 is 1.00 bits per heavy atom. The van der Waals surface area contributed by atoms with Crippen LogP contribution in [-0.2, 0) is 18.2 Å². The van der Waals surface area contributed by atoms with Gasteiger partial charge in [0.2, 0.25) is 0 Å². The van der Waals surface area contributed by atoms with Crippen LogP contribution in [0.2, 0.25) is 0 Å². The predicted molar refractivity (Wildman–Crippen MR) is 61.8 cm³/mol. The average molecular weight is 325 g/mol. The summed E-state index contributed by atoms with van der Waals surface area (Å²) in [5.41, 5.74) is 0. The van der Waals surface area contributed by atoms with Crippen LogP contribution in [0.1, 0.15) is 13.8 Å². The topological polar surface area (TPSA) is 134 Å². The van der Waals surface area contributed by atoms with E-state index in [4.69, 9.17) is 19.6 Å². The summed E-state index contributed by atoms with van der Waals surface area (Å²) >= 11 is 0. The Morgan fingerprint density at radius 1 is 0.812 bits per heavy atom. The largest absolute Gasteiger partial charge is 0.469 e. The molecule has 104 valence electrons. The normalized spacial score (nSPS) is 10.4. The minimum absolute atomic E-state index is 0. The third kappa shape index (κ3) is 36.4. The second kappa shape index (κ2) is 12.3. The van der Waals surface area contributed by atoms with Crippen molar-refractivity contribution in [3.05, 3.63) is 0 Å². The summed E-state index contributed by atoms with van der Waals surface area (Å²) < 4.78 is 27.2. The van der Waals surface area contributed by atoms with E-state index in [1.165, 1.54) is 13.8 Å². The Hall–Kier alpha value is 0.800. The average Bonchev–Trinajstić information content (AvgIpc) is 1.81. The summed E-state index contributed by atoms with van der Waals surface area (Å²) in [5, 5.41) is 0. The zero-order chi connectivity index (χ0) is 11.8. The monoisotopic (exact) mass is 324 g/mol. The summed E-state index contributed by atoms with van der Waals surface area (Å²) in [6.07, 6.45) is 0. The molecule has 0 aromatic heterocycles.